The van der Waals surface area contributed by atoms with E-state index >= 15 is 0 Å². The van der Waals surface area contributed by atoms with Crippen molar-refractivity contribution in [1.82, 2.24) is 0 Å². The number of rotatable bonds is 11. The van der Waals surface area contributed by atoms with Gasteiger partial charge in [-0.05, 0) is 37.1 Å². The van der Waals surface area contributed by atoms with E-state index in [1.165, 1.54) is 12.2 Å². The van der Waals surface area contributed by atoms with Crippen LogP contribution in [0.2, 0.25) is 0 Å². The molecule has 0 unspecified atom stereocenters. The molecule has 0 radical (unpaired) electrons. The predicted octanol–water partition coefficient (Wildman–Crippen LogP) is 1.32. The van der Waals surface area contributed by atoms with E-state index in [0.717, 1.165) is 37.8 Å². The summed E-state index contributed by atoms with van der Waals surface area (Å²) in [6.45, 7) is 0.396. The van der Waals surface area contributed by atoms with E-state index in [1.54, 1.807) is 0 Å². The Balaban J connectivity index is 1.49. The second-order valence-corrected chi connectivity index (χ2v) is 7.87. The van der Waals surface area contributed by atoms with Crippen molar-refractivity contribution in [3.8, 4) is 0 Å². The van der Waals surface area contributed by atoms with Crippen molar-refractivity contribution in [3.05, 3.63) is 47.0 Å². The van der Waals surface area contributed by atoms with Gasteiger partial charge >= 0.3 is 11.9 Å². The third-order valence-corrected chi connectivity index (χ3v) is 5.11. The first-order valence-electron chi connectivity index (χ1n) is 10.5. The highest BCUT2D eigenvalue weighted by molar-refractivity contribution is 5.90. The molecule has 10 nitrogen and oxygen atoms in total. The standard InChI is InChI=1S/C22H30O10/c23-17-9-7-15(13-21(17,27)28)19(25)31-11-5-3-1-2-4-6-12-32-20(26)16-8-10-18(24)22(29,30)14-16/h7-10,23-24,27-30H,1-6,11-14H2. The monoisotopic (exact) mass is 454 g/mol. The van der Waals surface area contributed by atoms with Crippen molar-refractivity contribution < 1.29 is 49.7 Å². The number of unbranched alkanes of at least 4 members (excludes halogenated alkanes) is 5. The minimum atomic E-state index is -2.45. The minimum Gasteiger partial charge on any atom is -0.507 e. The van der Waals surface area contributed by atoms with Crippen LogP contribution >= 0.6 is 0 Å². The molecule has 0 aromatic heterocycles. The van der Waals surface area contributed by atoms with Gasteiger partial charge in [-0.2, -0.15) is 0 Å². The molecule has 0 saturated carbocycles. The van der Waals surface area contributed by atoms with Crippen LogP contribution < -0.4 is 0 Å². The minimum absolute atomic E-state index is 0.0721. The normalized spacial score (nSPS) is 19.2. The number of ether oxygens (including phenoxy) is 2. The summed E-state index contributed by atoms with van der Waals surface area (Å²) < 4.78 is 10.2. The second-order valence-electron chi connectivity index (χ2n) is 7.87. The van der Waals surface area contributed by atoms with E-state index in [0.29, 0.717) is 12.8 Å². The van der Waals surface area contributed by atoms with Crippen molar-refractivity contribution in [1.29, 1.82) is 0 Å². The molecule has 0 aromatic carbocycles. The Morgan fingerprint density at radius 3 is 1.34 bits per heavy atom. The Morgan fingerprint density at radius 1 is 0.656 bits per heavy atom. The number of carbonyl (C=O) groups excluding carboxylic acids is 2. The SMILES string of the molecule is O=C(OCCCCCCCCOC(=O)C1=CC=C(O)C(O)(O)C1)C1=CC=C(O)C(O)(O)C1. The van der Waals surface area contributed by atoms with Crippen LogP contribution in [0.3, 0.4) is 0 Å². The van der Waals surface area contributed by atoms with Gasteiger partial charge in [0.15, 0.2) is 11.5 Å². The van der Waals surface area contributed by atoms with Gasteiger partial charge in [0.25, 0.3) is 0 Å². The summed E-state index contributed by atoms with van der Waals surface area (Å²) in [7, 11) is 0. The average Bonchev–Trinajstić information content (AvgIpc) is 2.72. The van der Waals surface area contributed by atoms with Gasteiger partial charge in [-0.15, -0.1) is 0 Å². The van der Waals surface area contributed by atoms with Crippen LogP contribution in [-0.2, 0) is 19.1 Å². The van der Waals surface area contributed by atoms with Gasteiger partial charge in [0.05, 0.1) is 13.2 Å². The van der Waals surface area contributed by atoms with Crippen molar-refractivity contribution in [2.75, 3.05) is 13.2 Å². The molecule has 0 atom stereocenters. The van der Waals surface area contributed by atoms with E-state index in [4.69, 9.17) is 9.47 Å². The number of carbonyl (C=O) groups is 2. The third kappa shape index (κ3) is 7.49. The number of hydrogen-bond acceptors (Lipinski definition) is 10. The molecule has 2 aliphatic rings. The zero-order valence-corrected chi connectivity index (χ0v) is 17.7. The molecular formula is C22H30O10. The quantitative estimate of drug-likeness (QED) is 0.152. The zero-order valence-electron chi connectivity index (χ0n) is 17.7. The first-order valence-corrected chi connectivity index (χ1v) is 10.5. The summed E-state index contributed by atoms with van der Waals surface area (Å²) in [4.78, 5) is 23.8. The Hall–Kier alpha value is -2.66. The molecule has 0 aliphatic heterocycles. The first-order chi connectivity index (χ1) is 15.0. The fourth-order valence-electron chi connectivity index (χ4n) is 3.16. The van der Waals surface area contributed by atoms with Crippen LogP contribution in [-0.4, -0.2) is 67.4 Å². The molecule has 6 N–H and O–H groups in total. The van der Waals surface area contributed by atoms with Gasteiger partial charge in [0, 0.05) is 24.0 Å². The predicted molar refractivity (Wildman–Crippen MR) is 111 cm³/mol. The van der Waals surface area contributed by atoms with Crippen molar-refractivity contribution in [2.24, 2.45) is 0 Å². The van der Waals surface area contributed by atoms with Gasteiger partial charge in [-0.1, -0.05) is 25.7 Å². The summed E-state index contributed by atoms with van der Waals surface area (Å²) in [5.41, 5.74) is 0.144. The van der Waals surface area contributed by atoms with E-state index in [-0.39, 0.29) is 24.4 Å². The fraction of sp³-hybridized carbons (Fsp3) is 0.545. The van der Waals surface area contributed by atoms with Crippen LogP contribution in [0.5, 0.6) is 0 Å². The lowest BCUT2D eigenvalue weighted by atomic mass is 9.98. The van der Waals surface area contributed by atoms with Gasteiger partial charge < -0.3 is 40.1 Å². The molecule has 178 valence electrons. The molecule has 10 heteroatoms. The largest absolute Gasteiger partial charge is 0.507 e. The van der Waals surface area contributed by atoms with E-state index in [2.05, 4.69) is 0 Å². The van der Waals surface area contributed by atoms with Crippen LogP contribution in [0.1, 0.15) is 51.4 Å². The summed E-state index contributed by atoms with van der Waals surface area (Å²) >= 11 is 0. The van der Waals surface area contributed by atoms with E-state index in [9.17, 15) is 40.2 Å². The molecule has 0 amide bonds. The highest BCUT2D eigenvalue weighted by atomic mass is 16.5. The summed E-state index contributed by atoms with van der Waals surface area (Å²) in [5.74, 6) is -7.45. The smallest absolute Gasteiger partial charge is 0.334 e. The molecule has 0 bridgehead atoms. The van der Waals surface area contributed by atoms with Crippen LogP contribution in [0.4, 0.5) is 0 Å². The van der Waals surface area contributed by atoms with E-state index < -0.39 is 47.9 Å². The number of aliphatic hydroxyl groups is 6. The maximum Gasteiger partial charge on any atom is 0.334 e. The van der Waals surface area contributed by atoms with Gasteiger partial charge in [0.2, 0.25) is 11.6 Å². The molecule has 0 aromatic rings. The van der Waals surface area contributed by atoms with Crippen LogP contribution in [0.15, 0.2) is 47.0 Å². The third-order valence-electron chi connectivity index (χ3n) is 5.11. The van der Waals surface area contributed by atoms with E-state index in [1.807, 2.05) is 0 Å². The Labute approximate surface area is 185 Å². The Bertz CT molecular complexity index is 749. The number of aliphatic hydroxyl groups excluding tert-OH is 2. The summed E-state index contributed by atoms with van der Waals surface area (Å²) in [5, 5.41) is 56.8. The number of esters is 2. The number of allylic oxidation sites excluding steroid dienone is 4. The van der Waals surface area contributed by atoms with Gasteiger partial charge in [-0.25, -0.2) is 9.59 Å². The lowest BCUT2D eigenvalue weighted by Gasteiger charge is -2.24. The highest BCUT2D eigenvalue weighted by Crippen LogP contribution is 2.27. The molecule has 0 saturated heterocycles. The second kappa shape index (κ2) is 11.3. The van der Waals surface area contributed by atoms with Crippen molar-refractivity contribution >= 4 is 11.9 Å². The summed E-state index contributed by atoms with van der Waals surface area (Å²) in [6.07, 6.45) is 8.58. The molecule has 2 rings (SSSR count). The first kappa shape index (κ1) is 25.6. The lowest BCUT2D eigenvalue weighted by molar-refractivity contribution is -0.158. The fourth-order valence-corrected chi connectivity index (χ4v) is 3.16. The van der Waals surface area contributed by atoms with Gasteiger partial charge in [-0.3, -0.25) is 0 Å². The highest BCUT2D eigenvalue weighted by Gasteiger charge is 2.35. The van der Waals surface area contributed by atoms with Crippen LogP contribution in [0, 0.1) is 0 Å². The molecule has 32 heavy (non-hydrogen) atoms. The van der Waals surface area contributed by atoms with Gasteiger partial charge in [0.1, 0.15) is 0 Å². The molecule has 0 heterocycles. The summed E-state index contributed by atoms with van der Waals surface area (Å²) in [6, 6.07) is 0. The Kier molecular flexibility index (Phi) is 9.02. The van der Waals surface area contributed by atoms with Crippen molar-refractivity contribution in [3.63, 3.8) is 0 Å². The molecule has 0 spiro atoms. The Morgan fingerprint density at radius 2 is 1.00 bits per heavy atom. The topological polar surface area (TPSA) is 174 Å². The zero-order chi connectivity index (χ0) is 23.8. The van der Waals surface area contributed by atoms with Crippen LogP contribution in [0.25, 0.3) is 0 Å². The average molecular weight is 454 g/mol. The molecular weight excluding hydrogens is 424 g/mol. The maximum absolute atomic E-state index is 11.9. The lowest BCUT2D eigenvalue weighted by Crippen LogP contribution is -2.34. The molecule has 0 fully saturated rings. The van der Waals surface area contributed by atoms with Crippen molar-refractivity contribution in [2.45, 2.75) is 62.9 Å². The molecule has 2 aliphatic carbocycles. The number of hydrogen-bond donors (Lipinski definition) is 6. The maximum atomic E-state index is 11.9.